The lowest BCUT2D eigenvalue weighted by molar-refractivity contribution is -0.384. The summed E-state index contributed by atoms with van der Waals surface area (Å²) in [5.74, 6) is 0. The van der Waals surface area contributed by atoms with Gasteiger partial charge in [-0.3, -0.25) is 10.1 Å². The van der Waals surface area contributed by atoms with E-state index in [9.17, 15) is 23.3 Å². The molecule has 2 rings (SSSR count). The molecule has 102 valence electrons. The van der Waals surface area contributed by atoms with Crippen molar-refractivity contribution >= 4 is 5.69 Å². The van der Waals surface area contributed by atoms with E-state index in [0.29, 0.717) is 4.68 Å². The summed E-state index contributed by atoms with van der Waals surface area (Å²) in [6.07, 6.45) is -4.86. The highest BCUT2D eigenvalue weighted by Crippen LogP contribution is 2.32. The maximum Gasteiger partial charge on any atom is 0.436 e. The summed E-state index contributed by atoms with van der Waals surface area (Å²) in [6, 6.07) is 5.72. The molecule has 10 heteroatoms. The number of hydrogen-bond donors (Lipinski definition) is 0. The lowest BCUT2D eigenvalue weighted by atomic mass is 10.2. The summed E-state index contributed by atoms with van der Waals surface area (Å²) in [6.45, 7) is 0. The standard InChI is InChI=1S/C10H4F3N5O2/c11-10(12,13)9-8(5-14)15-16-17(9)6-2-1-3-7(4-6)18(19)20/h1-4H. The summed E-state index contributed by atoms with van der Waals surface area (Å²) < 4.78 is 39.0. The number of halogens is 3. The first-order chi connectivity index (χ1) is 9.34. The summed E-state index contributed by atoms with van der Waals surface area (Å²) in [7, 11) is 0. The quantitative estimate of drug-likeness (QED) is 0.620. The maximum absolute atomic E-state index is 12.9. The van der Waals surface area contributed by atoms with E-state index in [1.165, 1.54) is 18.2 Å². The van der Waals surface area contributed by atoms with Gasteiger partial charge in [0.05, 0.1) is 10.6 Å². The molecule has 0 radical (unpaired) electrons. The third-order valence-electron chi connectivity index (χ3n) is 2.33. The summed E-state index contributed by atoms with van der Waals surface area (Å²) in [5.41, 5.74) is -2.88. The molecule has 0 aliphatic rings. The molecule has 0 aliphatic carbocycles. The zero-order chi connectivity index (χ0) is 14.9. The molecule has 1 aromatic carbocycles. The molecule has 0 saturated heterocycles. The van der Waals surface area contributed by atoms with Crippen LogP contribution in [0.4, 0.5) is 18.9 Å². The van der Waals surface area contributed by atoms with Gasteiger partial charge in [-0.25, -0.2) is 4.68 Å². The fourth-order valence-corrected chi connectivity index (χ4v) is 1.53. The molecule has 0 amide bonds. The van der Waals surface area contributed by atoms with E-state index in [2.05, 4.69) is 10.3 Å². The Hall–Kier alpha value is -2.96. The van der Waals surface area contributed by atoms with Gasteiger partial charge in [0.2, 0.25) is 0 Å². The fourth-order valence-electron chi connectivity index (χ4n) is 1.53. The van der Waals surface area contributed by atoms with Crippen molar-refractivity contribution in [3.63, 3.8) is 0 Å². The van der Waals surface area contributed by atoms with Gasteiger partial charge in [-0.1, -0.05) is 11.3 Å². The summed E-state index contributed by atoms with van der Waals surface area (Å²) in [5, 5.41) is 25.6. The summed E-state index contributed by atoms with van der Waals surface area (Å²) >= 11 is 0. The van der Waals surface area contributed by atoms with Crippen LogP contribution in [0.2, 0.25) is 0 Å². The van der Waals surface area contributed by atoms with Crippen molar-refractivity contribution in [3.8, 4) is 11.8 Å². The van der Waals surface area contributed by atoms with Crippen molar-refractivity contribution in [2.45, 2.75) is 6.18 Å². The molecule has 1 heterocycles. The topological polar surface area (TPSA) is 97.6 Å². The SMILES string of the molecule is N#Cc1nnn(-c2cccc([N+](=O)[O-])c2)c1C(F)(F)F. The number of nitro groups is 1. The van der Waals surface area contributed by atoms with Gasteiger partial charge in [0, 0.05) is 12.1 Å². The highest BCUT2D eigenvalue weighted by Gasteiger charge is 2.40. The van der Waals surface area contributed by atoms with Gasteiger partial charge in [0.25, 0.3) is 5.69 Å². The lowest BCUT2D eigenvalue weighted by Crippen LogP contribution is -2.15. The Morgan fingerprint density at radius 2 is 2.10 bits per heavy atom. The third kappa shape index (κ3) is 2.28. The number of hydrogen-bond acceptors (Lipinski definition) is 5. The normalized spacial score (nSPS) is 11.1. The number of nitro benzene ring substituents is 1. The number of nitrogens with zero attached hydrogens (tertiary/aromatic N) is 5. The van der Waals surface area contributed by atoms with E-state index in [-0.39, 0.29) is 5.69 Å². The minimum Gasteiger partial charge on any atom is -0.258 e. The second kappa shape index (κ2) is 4.61. The van der Waals surface area contributed by atoms with Crippen LogP contribution in [-0.4, -0.2) is 19.9 Å². The summed E-state index contributed by atoms with van der Waals surface area (Å²) in [4.78, 5) is 9.86. The highest BCUT2D eigenvalue weighted by atomic mass is 19.4. The number of alkyl halides is 3. The minimum absolute atomic E-state index is 0.208. The van der Waals surface area contributed by atoms with E-state index in [1.807, 2.05) is 0 Å². The van der Waals surface area contributed by atoms with Crippen LogP contribution < -0.4 is 0 Å². The molecule has 2 aromatic rings. The van der Waals surface area contributed by atoms with Crippen molar-refractivity contribution in [3.05, 3.63) is 45.8 Å². The van der Waals surface area contributed by atoms with Gasteiger partial charge in [-0.05, 0) is 6.07 Å². The second-order valence-electron chi connectivity index (χ2n) is 3.58. The molecular formula is C10H4F3N5O2. The van der Waals surface area contributed by atoms with Crippen LogP contribution in [-0.2, 0) is 6.18 Å². The maximum atomic E-state index is 12.9. The molecule has 20 heavy (non-hydrogen) atoms. The average Bonchev–Trinajstić information content (AvgIpc) is 2.82. The van der Waals surface area contributed by atoms with E-state index >= 15 is 0 Å². The van der Waals surface area contributed by atoms with Crippen LogP contribution in [0.3, 0.4) is 0 Å². The molecule has 0 bridgehead atoms. The van der Waals surface area contributed by atoms with Crippen LogP contribution in [0, 0.1) is 21.4 Å². The highest BCUT2D eigenvalue weighted by molar-refractivity contribution is 5.45. The Morgan fingerprint density at radius 1 is 1.40 bits per heavy atom. The molecule has 0 spiro atoms. The third-order valence-corrected chi connectivity index (χ3v) is 2.33. The van der Waals surface area contributed by atoms with Crippen molar-refractivity contribution in [2.24, 2.45) is 0 Å². The van der Waals surface area contributed by atoms with Gasteiger partial charge >= 0.3 is 6.18 Å². The smallest absolute Gasteiger partial charge is 0.258 e. The number of nitriles is 1. The Kier molecular flexibility index (Phi) is 3.11. The molecule has 0 aliphatic heterocycles. The largest absolute Gasteiger partial charge is 0.436 e. The number of rotatable bonds is 2. The van der Waals surface area contributed by atoms with Crippen molar-refractivity contribution < 1.29 is 18.1 Å². The Labute approximate surface area is 109 Å². The van der Waals surface area contributed by atoms with E-state index in [1.54, 1.807) is 0 Å². The van der Waals surface area contributed by atoms with Crippen molar-refractivity contribution in [1.82, 2.24) is 15.0 Å². The molecule has 0 saturated carbocycles. The van der Waals surface area contributed by atoms with Crippen LogP contribution in [0.15, 0.2) is 24.3 Å². The van der Waals surface area contributed by atoms with Gasteiger partial charge in [-0.2, -0.15) is 18.4 Å². The first-order valence-corrected chi connectivity index (χ1v) is 5.02. The number of benzene rings is 1. The first kappa shape index (κ1) is 13.5. The lowest BCUT2D eigenvalue weighted by Gasteiger charge is -2.09. The fraction of sp³-hybridized carbons (Fsp3) is 0.100. The first-order valence-electron chi connectivity index (χ1n) is 5.02. The van der Waals surface area contributed by atoms with Crippen LogP contribution >= 0.6 is 0 Å². The Balaban J connectivity index is 2.65. The molecule has 0 atom stereocenters. The Bertz CT molecular complexity index is 716. The molecule has 0 fully saturated rings. The van der Waals surface area contributed by atoms with Crippen LogP contribution in [0.25, 0.3) is 5.69 Å². The van der Waals surface area contributed by atoms with Crippen molar-refractivity contribution in [2.75, 3.05) is 0 Å². The van der Waals surface area contributed by atoms with E-state index < -0.39 is 28.2 Å². The van der Waals surface area contributed by atoms with Gasteiger partial charge in [0.15, 0.2) is 11.4 Å². The number of aromatic nitrogens is 3. The monoisotopic (exact) mass is 283 g/mol. The van der Waals surface area contributed by atoms with Gasteiger partial charge < -0.3 is 0 Å². The Morgan fingerprint density at radius 3 is 2.65 bits per heavy atom. The molecule has 0 unspecified atom stereocenters. The van der Waals surface area contributed by atoms with Gasteiger partial charge in [-0.15, -0.1) is 5.10 Å². The van der Waals surface area contributed by atoms with Crippen LogP contribution in [0.1, 0.15) is 11.4 Å². The second-order valence-corrected chi connectivity index (χ2v) is 3.58. The predicted molar refractivity (Wildman–Crippen MR) is 57.7 cm³/mol. The van der Waals surface area contributed by atoms with E-state index in [4.69, 9.17) is 5.26 Å². The average molecular weight is 283 g/mol. The molecule has 7 nitrogen and oxygen atoms in total. The minimum atomic E-state index is -4.86. The zero-order valence-electron chi connectivity index (χ0n) is 9.50. The zero-order valence-corrected chi connectivity index (χ0v) is 9.50. The van der Waals surface area contributed by atoms with Gasteiger partial charge in [0.1, 0.15) is 6.07 Å². The van der Waals surface area contributed by atoms with E-state index in [0.717, 1.165) is 12.1 Å². The van der Waals surface area contributed by atoms with Crippen molar-refractivity contribution in [1.29, 1.82) is 5.26 Å². The molecular weight excluding hydrogens is 279 g/mol. The molecule has 1 aromatic heterocycles. The molecule has 0 N–H and O–H groups in total. The number of non-ortho nitro benzene ring substituents is 1. The predicted octanol–water partition coefficient (Wildman–Crippen LogP) is 2.07. The van der Waals surface area contributed by atoms with Crippen LogP contribution in [0.5, 0.6) is 0 Å².